The monoisotopic (exact) mass is 179 g/mol. The lowest BCUT2D eigenvalue weighted by Crippen LogP contribution is -2.09. The lowest BCUT2D eigenvalue weighted by Gasteiger charge is -2.12. The van der Waals surface area contributed by atoms with Crippen LogP contribution in [-0.2, 0) is 0 Å². The predicted octanol–water partition coefficient (Wildman–Crippen LogP) is 2.97. The molecule has 0 aliphatic carbocycles. The van der Waals surface area contributed by atoms with Crippen LogP contribution in [-0.4, -0.2) is 6.10 Å². The highest BCUT2D eigenvalue weighted by Crippen LogP contribution is 2.13. The number of halogens is 1. The maximum Gasteiger partial charge on any atom is 0.123 e. The van der Waals surface area contributed by atoms with Crippen LogP contribution in [0.25, 0.3) is 0 Å². The maximum atomic E-state index is 12.5. The fourth-order valence-corrected chi connectivity index (χ4v) is 0.985. The van der Waals surface area contributed by atoms with Crippen molar-refractivity contribution in [3.8, 4) is 5.75 Å². The zero-order valence-corrected chi connectivity index (χ0v) is 7.53. The Balaban J connectivity index is 2.53. The van der Waals surface area contributed by atoms with Gasteiger partial charge in [0.2, 0.25) is 0 Å². The Hall–Kier alpha value is -1.31. The first-order valence-corrected chi connectivity index (χ1v) is 4.18. The largest absolute Gasteiger partial charge is 0.490 e. The average Bonchev–Trinajstić information content (AvgIpc) is 2.09. The van der Waals surface area contributed by atoms with E-state index in [1.165, 1.54) is 12.1 Å². The Morgan fingerprint density at radius 3 is 2.62 bits per heavy atom. The Morgan fingerprint density at radius 1 is 1.46 bits per heavy atom. The first kappa shape index (κ1) is 9.78. The summed E-state index contributed by atoms with van der Waals surface area (Å²) in [5, 5.41) is 0. The third-order valence-electron chi connectivity index (χ3n) is 1.62. The molecular formula is C11H12FO. The molecule has 1 aromatic rings. The third kappa shape index (κ3) is 3.28. The van der Waals surface area contributed by atoms with Crippen LogP contribution in [0.5, 0.6) is 5.75 Å². The van der Waals surface area contributed by atoms with E-state index < -0.39 is 0 Å². The Bertz CT molecular complexity index is 266. The molecule has 0 aliphatic rings. The van der Waals surface area contributed by atoms with Gasteiger partial charge in [-0.05, 0) is 31.2 Å². The molecule has 1 nitrogen and oxygen atoms in total. The van der Waals surface area contributed by atoms with E-state index in [9.17, 15) is 4.39 Å². The zero-order chi connectivity index (χ0) is 9.68. The SMILES string of the molecule is [CH]=CCC(C)Oc1ccc(F)cc1. The van der Waals surface area contributed by atoms with Crippen LogP contribution in [0.15, 0.2) is 30.3 Å². The third-order valence-corrected chi connectivity index (χ3v) is 1.62. The van der Waals surface area contributed by atoms with Crippen LogP contribution in [0.2, 0.25) is 0 Å². The topological polar surface area (TPSA) is 9.23 Å². The normalized spacial score (nSPS) is 12.2. The van der Waals surface area contributed by atoms with Crippen molar-refractivity contribution in [2.75, 3.05) is 0 Å². The molecule has 1 aromatic carbocycles. The molecule has 0 heterocycles. The van der Waals surface area contributed by atoms with E-state index in [2.05, 4.69) is 0 Å². The van der Waals surface area contributed by atoms with Crippen LogP contribution in [0.3, 0.4) is 0 Å². The van der Waals surface area contributed by atoms with Crippen molar-refractivity contribution in [1.29, 1.82) is 0 Å². The van der Waals surface area contributed by atoms with Gasteiger partial charge in [-0.25, -0.2) is 4.39 Å². The minimum atomic E-state index is -0.259. The number of hydrogen-bond acceptors (Lipinski definition) is 1. The molecule has 0 saturated carbocycles. The second-order valence-electron chi connectivity index (χ2n) is 2.85. The molecule has 1 rings (SSSR count). The molecule has 0 N–H and O–H groups in total. The van der Waals surface area contributed by atoms with Gasteiger partial charge in [0.15, 0.2) is 0 Å². The molecule has 1 unspecified atom stereocenters. The van der Waals surface area contributed by atoms with Gasteiger partial charge in [0.1, 0.15) is 11.6 Å². The Morgan fingerprint density at radius 2 is 2.08 bits per heavy atom. The van der Waals surface area contributed by atoms with Gasteiger partial charge in [0, 0.05) is 6.42 Å². The fourth-order valence-electron chi connectivity index (χ4n) is 0.985. The molecule has 0 aromatic heterocycles. The van der Waals surface area contributed by atoms with Gasteiger partial charge in [0.25, 0.3) is 0 Å². The van der Waals surface area contributed by atoms with Crippen molar-refractivity contribution in [2.45, 2.75) is 19.4 Å². The molecule has 2 heteroatoms. The maximum absolute atomic E-state index is 12.5. The molecule has 13 heavy (non-hydrogen) atoms. The van der Waals surface area contributed by atoms with Gasteiger partial charge in [-0.15, -0.1) is 0 Å². The van der Waals surface area contributed by atoms with Gasteiger partial charge in [0.05, 0.1) is 6.10 Å². The van der Waals surface area contributed by atoms with E-state index in [0.29, 0.717) is 12.2 Å². The Labute approximate surface area is 77.8 Å². The minimum absolute atomic E-state index is 0.0236. The van der Waals surface area contributed by atoms with Crippen molar-refractivity contribution in [3.63, 3.8) is 0 Å². The molecule has 0 saturated heterocycles. The number of ether oxygens (including phenoxy) is 1. The van der Waals surface area contributed by atoms with Crippen molar-refractivity contribution < 1.29 is 9.13 Å². The summed E-state index contributed by atoms with van der Waals surface area (Å²) >= 11 is 0. The summed E-state index contributed by atoms with van der Waals surface area (Å²) in [5.41, 5.74) is 0. The predicted molar refractivity (Wildman–Crippen MR) is 50.0 cm³/mol. The van der Waals surface area contributed by atoms with E-state index in [-0.39, 0.29) is 11.9 Å². The van der Waals surface area contributed by atoms with Gasteiger partial charge in [-0.1, -0.05) is 12.7 Å². The molecule has 0 aliphatic heterocycles. The smallest absolute Gasteiger partial charge is 0.123 e. The van der Waals surface area contributed by atoms with E-state index >= 15 is 0 Å². The molecule has 1 atom stereocenters. The summed E-state index contributed by atoms with van der Waals surface area (Å²) in [6, 6.07) is 5.94. The van der Waals surface area contributed by atoms with Gasteiger partial charge >= 0.3 is 0 Å². The first-order valence-electron chi connectivity index (χ1n) is 4.18. The van der Waals surface area contributed by atoms with E-state index in [0.717, 1.165) is 0 Å². The highest BCUT2D eigenvalue weighted by molar-refractivity contribution is 5.22. The molecule has 0 fully saturated rings. The lowest BCUT2D eigenvalue weighted by atomic mass is 10.3. The second kappa shape index (κ2) is 4.65. The van der Waals surface area contributed by atoms with E-state index in [4.69, 9.17) is 11.3 Å². The van der Waals surface area contributed by atoms with Crippen LogP contribution < -0.4 is 4.74 Å². The van der Waals surface area contributed by atoms with Crippen LogP contribution in [0.1, 0.15) is 13.3 Å². The number of rotatable bonds is 4. The summed E-state index contributed by atoms with van der Waals surface area (Å²) in [6.07, 6.45) is 2.25. The Kier molecular flexibility index (Phi) is 3.50. The van der Waals surface area contributed by atoms with Crippen molar-refractivity contribution in [3.05, 3.63) is 42.7 Å². The molecule has 0 bridgehead atoms. The fraction of sp³-hybridized carbons (Fsp3) is 0.273. The minimum Gasteiger partial charge on any atom is -0.490 e. The standard InChI is InChI=1S/C11H12FO/c1-3-4-9(2)13-11-7-5-10(12)6-8-11/h1,3,5-9H,4H2,2H3. The van der Waals surface area contributed by atoms with Crippen LogP contribution >= 0.6 is 0 Å². The summed E-state index contributed by atoms with van der Waals surface area (Å²) < 4.78 is 17.9. The van der Waals surface area contributed by atoms with E-state index in [1.807, 2.05) is 6.92 Å². The highest BCUT2D eigenvalue weighted by atomic mass is 19.1. The van der Waals surface area contributed by atoms with Crippen LogP contribution in [0, 0.1) is 12.4 Å². The van der Waals surface area contributed by atoms with Gasteiger partial charge < -0.3 is 4.74 Å². The summed E-state index contributed by atoms with van der Waals surface area (Å²) in [4.78, 5) is 0. The van der Waals surface area contributed by atoms with Gasteiger partial charge in [-0.3, -0.25) is 0 Å². The average molecular weight is 179 g/mol. The molecular weight excluding hydrogens is 167 g/mol. The van der Waals surface area contributed by atoms with Gasteiger partial charge in [-0.2, -0.15) is 0 Å². The molecule has 69 valence electrons. The van der Waals surface area contributed by atoms with Crippen molar-refractivity contribution in [1.82, 2.24) is 0 Å². The van der Waals surface area contributed by atoms with E-state index in [1.54, 1.807) is 18.2 Å². The zero-order valence-electron chi connectivity index (χ0n) is 7.53. The summed E-state index contributed by atoms with van der Waals surface area (Å²) in [6.45, 7) is 7.15. The first-order chi connectivity index (χ1) is 6.22. The highest BCUT2D eigenvalue weighted by Gasteiger charge is 2.00. The van der Waals surface area contributed by atoms with Crippen molar-refractivity contribution >= 4 is 0 Å². The quantitative estimate of drug-likeness (QED) is 0.690. The summed E-state index contributed by atoms with van der Waals surface area (Å²) in [5.74, 6) is 0.404. The number of hydrogen-bond donors (Lipinski definition) is 0. The number of benzene rings is 1. The molecule has 0 spiro atoms. The molecule has 0 amide bonds. The lowest BCUT2D eigenvalue weighted by molar-refractivity contribution is 0.225. The molecule has 1 radical (unpaired) electrons. The van der Waals surface area contributed by atoms with Crippen molar-refractivity contribution in [2.24, 2.45) is 0 Å². The summed E-state index contributed by atoms with van der Waals surface area (Å²) in [7, 11) is 0. The second-order valence-corrected chi connectivity index (χ2v) is 2.85. The van der Waals surface area contributed by atoms with Crippen LogP contribution in [0.4, 0.5) is 4.39 Å².